The van der Waals surface area contributed by atoms with E-state index in [1.54, 1.807) is 0 Å². The van der Waals surface area contributed by atoms with Crippen molar-refractivity contribution < 1.29 is 14.9 Å². The number of ether oxygens (including phenoxy) is 1. The van der Waals surface area contributed by atoms with E-state index in [4.69, 9.17) is 4.74 Å². The van der Waals surface area contributed by atoms with Gasteiger partial charge in [0.15, 0.2) is 0 Å². The first-order chi connectivity index (χ1) is 13.9. The number of hydrogen-bond donors (Lipinski definition) is 2. The first-order valence-electron chi connectivity index (χ1n) is 10.9. The van der Waals surface area contributed by atoms with E-state index in [0.29, 0.717) is 5.75 Å². The lowest BCUT2D eigenvalue weighted by Crippen LogP contribution is -2.38. The van der Waals surface area contributed by atoms with Gasteiger partial charge in [-0.15, -0.1) is 0 Å². The Morgan fingerprint density at radius 3 is 2.69 bits per heavy atom. The van der Waals surface area contributed by atoms with E-state index in [9.17, 15) is 10.2 Å². The van der Waals surface area contributed by atoms with Crippen LogP contribution in [0.15, 0.2) is 48.0 Å². The second-order valence-electron chi connectivity index (χ2n) is 9.10. The van der Waals surface area contributed by atoms with E-state index in [0.717, 1.165) is 61.0 Å². The highest BCUT2D eigenvalue weighted by Gasteiger charge is 2.39. The fourth-order valence-electron chi connectivity index (χ4n) is 4.94. The van der Waals surface area contributed by atoms with E-state index in [-0.39, 0.29) is 5.92 Å². The number of aliphatic hydroxyl groups excluding tert-OH is 1. The Bertz CT molecular complexity index is 911. The van der Waals surface area contributed by atoms with E-state index in [1.807, 2.05) is 18.2 Å². The lowest BCUT2D eigenvalue weighted by atomic mass is 9.76. The molecule has 0 radical (unpaired) electrons. The quantitative estimate of drug-likeness (QED) is 0.657. The summed E-state index contributed by atoms with van der Waals surface area (Å²) >= 11 is 0. The van der Waals surface area contributed by atoms with Gasteiger partial charge in [0.05, 0.1) is 6.10 Å². The van der Waals surface area contributed by atoms with Crippen molar-refractivity contribution in [1.82, 2.24) is 0 Å². The predicted molar refractivity (Wildman–Crippen MR) is 117 cm³/mol. The van der Waals surface area contributed by atoms with Crippen LogP contribution in [0.5, 0.6) is 11.5 Å². The maximum Gasteiger partial charge on any atom is 0.128 e. The van der Waals surface area contributed by atoms with Crippen LogP contribution in [0.1, 0.15) is 75.5 Å². The third kappa shape index (κ3) is 3.93. The number of aromatic hydroxyl groups is 1. The molecule has 4 rings (SSSR count). The van der Waals surface area contributed by atoms with Crippen LogP contribution in [0.25, 0.3) is 5.57 Å². The minimum absolute atomic E-state index is 0.238. The van der Waals surface area contributed by atoms with Crippen molar-refractivity contribution in [2.45, 2.75) is 76.9 Å². The minimum atomic E-state index is -0.478. The number of aliphatic hydroxyl groups is 1. The lowest BCUT2D eigenvalue weighted by molar-refractivity contribution is 0.125. The topological polar surface area (TPSA) is 49.7 Å². The van der Waals surface area contributed by atoms with Gasteiger partial charge in [0.2, 0.25) is 0 Å². The van der Waals surface area contributed by atoms with Gasteiger partial charge in [0.1, 0.15) is 17.1 Å². The Morgan fingerprint density at radius 1 is 1.17 bits per heavy atom. The monoisotopic (exact) mass is 392 g/mol. The summed E-state index contributed by atoms with van der Waals surface area (Å²) in [6.07, 6.45) is 5.33. The molecular formula is C26H32O3. The first kappa shape index (κ1) is 20.0. The Hall–Kier alpha value is -2.26. The molecule has 2 aromatic rings. The molecule has 29 heavy (non-hydrogen) atoms. The summed E-state index contributed by atoms with van der Waals surface area (Å²) < 4.78 is 6.38. The van der Waals surface area contributed by atoms with Gasteiger partial charge < -0.3 is 14.9 Å². The van der Waals surface area contributed by atoms with Crippen molar-refractivity contribution >= 4 is 5.57 Å². The second kappa shape index (κ2) is 7.87. The van der Waals surface area contributed by atoms with Gasteiger partial charge in [-0.05, 0) is 87.1 Å². The molecule has 0 aromatic heterocycles. The summed E-state index contributed by atoms with van der Waals surface area (Å²) in [5.74, 6) is 1.34. The van der Waals surface area contributed by atoms with Gasteiger partial charge in [-0.1, -0.05) is 37.3 Å². The Kier molecular flexibility index (Phi) is 5.44. The summed E-state index contributed by atoms with van der Waals surface area (Å²) in [7, 11) is 0. The molecule has 0 bridgehead atoms. The molecule has 0 saturated carbocycles. The number of hydrogen-bond acceptors (Lipinski definition) is 3. The molecule has 1 heterocycles. The highest BCUT2D eigenvalue weighted by Crippen LogP contribution is 2.49. The number of fused-ring (bicyclic) bond motifs is 2. The van der Waals surface area contributed by atoms with Crippen molar-refractivity contribution in [2.24, 2.45) is 0 Å². The van der Waals surface area contributed by atoms with E-state index in [2.05, 4.69) is 45.0 Å². The normalized spacial score (nSPS) is 21.2. The van der Waals surface area contributed by atoms with Crippen molar-refractivity contribution in [1.29, 1.82) is 0 Å². The van der Waals surface area contributed by atoms with Gasteiger partial charge in [-0.3, -0.25) is 0 Å². The molecular weight excluding hydrogens is 360 g/mol. The fourth-order valence-corrected chi connectivity index (χ4v) is 4.94. The van der Waals surface area contributed by atoms with Crippen LogP contribution in [0.3, 0.4) is 0 Å². The average molecular weight is 393 g/mol. The second-order valence-corrected chi connectivity index (χ2v) is 9.10. The molecule has 3 heteroatoms. The predicted octanol–water partition coefficient (Wildman–Crippen LogP) is 5.99. The Labute approximate surface area is 174 Å². The van der Waals surface area contributed by atoms with Crippen molar-refractivity contribution in [3.05, 3.63) is 64.7 Å². The van der Waals surface area contributed by atoms with Gasteiger partial charge in [-0.2, -0.15) is 0 Å². The summed E-state index contributed by atoms with van der Waals surface area (Å²) in [6.45, 7) is 6.33. The molecule has 0 spiro atoms. The van der Waals surface area contributed by atoms with Gasteiger partial charge in [0, 0.05) is 11.1 Å². The van der Waals surface area contributed by atoms with Crippen LogP contribution < -0.4 is 4.74 Å². The molecule has 1 aliphatic carbocycles. The van der Waals surface area contributed by atoms with E-state index < -0.39 is 11.7 Å². The summed E-state index contributed by atoms with van der Waals surface area (Å²) in [6, 6.07) is 14.4. The Morgan fingerprint density at radius 2 is 1.93 bits per heavy atom. The third-order valence-corrected chi connectivity index (χ3v) is 6.55. The molecule has 2 aromatic carbocycles. The van der Waals surface area contributed by atoms with Crippen molar-refractivity contribution in [3.8, 4) is 11.5 Å². The highest BCUT2D eigenvalue weighted by atomic mass is 16.5. The zero-order valence-electron chi connectivity index (χ0n) is 17.7. The molecule has 2 N–H and O–H groups in total. The molecule has 0 fully saturated rings. The minimum Gasteiger partial charge on any atom is -0.508 e. The SMILES string of the molecule is CC(CCCc1ccccc1)c1cc2c(cc1O)C1=C(CCCC1O)C(C)(C)O2. The molecule has 1 aliphatic heterocycles. The maximum atomic E-state index is 10.8. The van der Waals surface area contributed by atoms with Gasteiger partial charge in [0.25, 0.3) is 0 Å². The van der Waals surface area contributed by atoms with Crippen LogP contribution in [0.2, 0.25) is 0 Å². The molecule has 154 valence electrons. The highest BCUT2D eigenvalue weighted by molar-refractivity contribution is 5.81. The smallest absolute Gasteiger partial charge is 0.128 e. The largest absolute Gasteiger partial charge is 0.508 e. The standard InChI is InChI=1S/C26H32O3/c1-17(9-7-12-18-10-5-4-6-11-18)19-16-24-20(15-23(19)28)25-21(26(2,3)29-24)13-8-14-22(25)27/h4-6,10-11,15-17,22,27-28H,7-9,12-14H2,1-3H3. The molecule has 3 nitrogen and oxygen atoms in total. The number of phenols is 1. The number of aryl methyl sites for hydroxylation is 1. The number of rotatable bonds is 5. The third-order valence-electron chi connectivity index (χ3n) is 6.55. The summed E-state index contributed by atoms with van der Waals surface area (Å²) in [4.78, 5) is 0. The molecule has 2 atom stereocenters. The first-order valence-corrected chi connectivity index (χ1v) is 10.9. The van der Waals surface area contributed by atoms with E-state index in [1.165, 1.54) is 11.1 Å². The van der Waals surface area contributed by atoms with Crippen LogP contribution in [-0.2, 0) is 6.42 Å². The zero-order chi connectivity index (χ0) is 20.6. The lowest BCUT2D eigenvalue weighted by Gasteiger charge is -2.41. The van der Waals surface area contributed by atoms with Crippen LogP contribution >= 0.6 is 0 Å². The summed E-state index contributed by atoms with van der Waals surface area (Å²) in [5, 5.41) is 21.5. The van der Waals surface area contributed by atoms with Crippen LogP contribution in [-0.4, -0.2) is 21.9 Å². The van der Waals surface area contributed by atoms with E-state index >= 15 is 0 Å². The number of benzene rings is 2. The average Bonchev–Trinajstić information content (AvgIpc) is 2.69. The molecule has 2 aliphatic rings. The maximum absolute atomic E-state index is 10.8. The number of phenolic OH excluding ortho intramolecular Hbond substituents is 1. The molecule has 0 saturated heterocycles. The van der Waals surface area contributed by atoms with Crippen LogP contribution in [0, 0.1) is 0 Å². The van der Waals surface area contributed by atoms with Gasteiger partial charge in [-0.25, -0.2) is 0 Å². The van der Waals surface area contributed by atoms with Gasteiger partial charge >= 0.3 is 0 Å². The Balaban J connectivity index is 1.57. The van der Waals surface area contributed by atoms with Crippen molar-refractivity contribution in [2.75, 3.05) is 0 Å². The van der Waals surface area contributed by atoms with Crippen molar-refractivity contribution in [3.63, 3.8) is 0 Å². The summed E-state index contributed by atoms with van der Waals surface area (Å²) in [5.41, 5.74) is 4.87. The zero-order valence-corrected chi connectivity index (χ0v) is 17.7. The molecule has 2 unspecified atom stereocenters. The molecule has 0 amide bonds. The fraction of sp³-hybridized carbons (Fsp3) is 0.462. The van der Waals surface area contributed by atoms with Crippen LogP contribution in [0.4, 0.5) is 0 Å².